The monoisotopic (exact) mass is 466 g/mol. The van der Waals surface area contributed by atoms with Gasteiger partial charge in [-0.3, -0.25) is 0 Å². The molecule has 0 aromatic carbocycles. The molecule has 0 unspecified atom stereocenters. The average molecular weight is 467 g/mol. The number of esters is 2. The molecule has 0 aromatic rings. The zero-order chi connectivity index (χ0) is 24.6. The first-order valence-electron chi connectivity index (χ1n) is 14.2. The summed E-state index contributed by atoms with van der Waals surface area (Å²) >= 11 is 0. The van der Waals surface area contributed by atoms with E-state index in [2.05, 4.69) is 20.8 Å². The van der Waals surface area contributed by atoms with Gasteiger partial charge in [0.05, 0.1) is 13.2 Å². The number of ether oxygens (including phenoxy) is 2. The first-order chi connectivity index (χ1) is 16.1. The molecule has 4 heteroatoms. The minimum absolute atomic E-state index is 0.306. The van der Waals surface area contributed by atoms with Gasteiger partial charge in [-0.25, -0.2) is 9.59 Å². The molecule has 0 heterocycles. The Morgan fingerprint density at radius 2 is 0.788 bits per heavy atom. The number of hydrogen-bond donors (Lipinski definition) is 0. The van der Waals surface area contributed by atoms with Crippen molar-refractivity contribution < 1.29 is 19.1 Å². The fourth-order valence-corrected chi connectivity index (χ4v) is 4.00. The zero-order valence-corrected chi connectivity index (χ0v) is 22.5. The first kappa shape index (κ1) is 31.7. The molecule has 0 aliphatic carbocycles. The Kier molecular flexibility index (Phi) is 22.9. The maximum Gasteiger partial charge on any atom is 0.334 e. The van der Waals surface area contributed by atoms with E-state index < -0.39 is 0 Å². The zero-order valence-electron chi connectivity index (χ0n) is 22.5. The molecule has 4 nitrogen and oxygen atoms in total. The Labute approximate surface area is 205 Å². The molecule has 0 aliphatic heterocycles. The van der Waals surface area contributed by atoms with E-state index in [1.165, 1.54) is 51.4 Å². The van der Waals surface area contributed by atoms with Crippen LogP contribution in [0.5, 0.6) is 0 Å². The van der Waals surface area contributed by atoms with Crippen LogP contribution in [0, 0.1) is 0 Å². The van der Waals surface area contributed by atoms with Crippen LogP contribution in [0.15, 0.2) is 11.1 Å². The van der Waals surface area contributed by atoms with Crippen molar-refractivity contribution in [2.45, 2.75) is 150 Å². The van der Waals surface area contributed by atoms with Crippen molar-refractivity contribution in [3.8, 4) is 0 Å². The molecule has 0 bridgehead atoms. The van der Waals surface area contributed by atoms with Gasteiger partial charge in [-0.05, 0) is 32.1 Å². The number of hydrogen-bond acceptors (Lipinski definition) is 4. The maximum absolute atomic E-state index is 13.0. The molecule has 0 saturated heterocycles. The first-order valence-corrected chi connectivity index (χ1v) is 14.2. The lowest BCUT2D eigenvalue weighted by Crippen LogP contribution is -2.18. The normalized spacial score (nSPS) is 11.9. The molecule has 0 aliphatic rings. The molecule has 0 spiro atoms. The van der Waals surface area contributed by atoms with E-state index in [0.29, 0.717) is 37.2 Å². The molecule has 0 radical (unpaired) electrons. The molecular formula is C29H54O4. The van der Waals surface area contributed by atoms with E-state index in [4.69, 9.17) is 9.47 Å². The second-order valence-electron chi connectivity index (χ2n) is 9.33. The lowest BCUT2D eigenvalue weighted by atomic mass is 9.98. The summed E-state index contributed by atoms with van der Waals surface area (Å²) in [7, 11) is 0. The highest BCUT2D eigenvalue weighted by Gasteiger charge is 2.22. The highest BCUT2D eigenvalue weighted by atomic mass is 16.5. The Hall–Kier alpha value is -1.32. The van der Waals surface area contributed by atoms with Crippen molar-refractivity contribution >= 4 is 11.9 Å². The van der Waals surface area contributed by atoms with E-state index in [9.17, 15) is 9.59 Å². The fourth-order valence-electron chi connectivity index (χ4n) is 4.00. The maximum atomic E-state index is 13.0. The molecule has 0 saturated carbocycles. The quantitative estimate of drug-likeness (QED) is 0.0857. The number of carbonyl (C=O) groups is 2. The summed E-state index contributed by atoms with van der Waals surface area (Å²) in [6, 6.07) is 0. The van der Waals surface area contributed by atoms with Crippen molar-refractivity contribution in [2.75, 3.05) is 13.2 Å². The molecule has 0 amide bonds. The standard InChI is InChI=1S/C29H54O4/c1-5-9-12-15-17-20-24-32-28(30)26(22-8-4)27(23-19-14-11-7-3)29(31)33-25-21-18-16-13-10-6-2/h5-25H2,1-4H3/b27-26-. The Bertz CT molecular complexity index is 510. The minimum atomic E-state index is -0.313. The third-order valence-corrected chi connectivity index (χ3v) is 6.10. The average Bonchev–Trinajstić information content (AvgIpc) is 2.81. The van der Waals surface area contributed by atoms with E-state index in [1.54, 1.807) is 0 Å². The third kappa shape index (κ3) is 17.8. The van der Waals surface area contributed by atoms with Crippen molar-refractivity contribution in [1.29, 1.82) is 0 Å². The van der Waals surface area contributed by atoms with Gasteiger partial charge >= 0.3 is 11.9 Å². The largest absolute Gasteiger partial charge is 0.462 e. The van der Waals surface area contributed by atoms with E-state index in [0.717, 1.165) is 57.8 Å². The summed E-state index contributed by atoms with van der Waals surface area (Å²) in [6.07, 6.45) is 20.1. The van der Waals surface area contributed by atoms with Crippen molar-refractivity contribution in [3.63, 3.8) is 0 Å². The number of unbranched alkanes of at least 4 members (excludes halogenated alkanes) is 13. The van der Waals surface area contributed by atoms with Gasteiger partial charge in [0.2, 0.25) is 0 Å². The van der Waals surface area contributed by atoms with Crippen LogP contribution in [0.25, 0.3) is 0 Å². The van der Waals surface area contributed by atoms with Gasteiger partial charge in [-0.2, -0.15) is 0 Å². The summed E-state index contributed by atoms with van der Waals surface area (Å²) in [5, 5.41) is 0. The molecule has 0 aromatic heterocycles. The van der Waals surface area contributed by atoms with Crippen LogP contribution in [-0.4, -0.2) is 25.2 Å². The SMILES string of the molecule is CCCCCCCCOC(=O)/C(CCC)=C(/CCCCCC)C(=O)OCCCCCCCC. The summed E-state index contributed by atoms with van der Waals surface area (Å²) in [5.41, 5.74) is 1.11. The van der Waals surface area contributed by atoms with E-state index >= 15 is 0 Å². The summed E-state index contributed by atoms with van der Waals surface area (Å²) < 4.78 is 11.2. The molecular weight excluding hydrogens is 412 g/mol. The fraction of sp³-hybridized carbons (Fsp3) is 0.862. The molecule has 0 fully saturated rings. The Morgan fingerprint density at radius 3 is 1.21 bits per heavy atom. The van der Waals surface area contributed by atoms with Crippen LogP contribution >= 0.6 is 0 Å². The van der Waals surface area contributed by atoms with Gasteiger partial charge in [0, 0.05) is 11.1 Å². The van der Waals surface area contributed by atoms with Crippen LogP contribution in [0.3, 0.4) is 0 Å². The molecule has 33 heavy (non-hydrogen) atoms. The predicted octanol–water partition coefficient (Wildman–Crippen LogP) is 8.86. The lowest BCUT2D eigenvalue weighted by molar-refractivity contribution is -0.142. The van der Waals surface area contributed by atoms with Gasteiger partial charge in [0.15, 0.2) is 0 Å². The molecule has 0 atom stereocenters. The van der Waals surface area contributed by atoms with Crippen molar-refractivity contribution in [1.82, 2.24) is 0 Å². The van der Waals surface area contributed by atoms with Gasteiger partial charge in [-0.15, -0.1) is 0 Å². The molecule has 0 rings (SSSR count). The second-order valence-corrected chi connectivity index (χ2v) is 9.33. The van der Waals surface area contributed by atoms with Crippen LogP contribution in [0.4, 0.5) is 0 Å². The Morgan fingerprint density at radius 1 is 0.424 bits per heavy atom. The summed E-state index contributed by atoms with van der Waals surface area (Å²) in [6.45, 7) is 9.51. The third-order valence-electron chi connectivity index (χ3n) is 6.10. The highest BCUT2D eigenvalue weighted by molar-refractivity contribution is 6.00. The van der Waals surface area contributed by atoms with Gasteiger partial charge in [-0.1, -0.05) is 118 Å². The van der Waals surface area contributed by atoms with Crippen LogP contribution in [0.2, 0.25) is 0 Å². The van der Waals surface area contributed by atoms with Gasteiger partial charge in [0.25, 0.3) is 0 Å². The smallest absolute Gasteiger partial charge is 0.334 e. The minimum Gasteiger partial charge on any atom is -0.462 e. The van der Waals surface area contributed by atoms with Crippen LogP contribution in [0.1, 0.15) is 150 Å². The van der Waals surface area contributed by atoms with Crippen molar-refractivity contribution in [3.05, 3.63) is 11.1 Å². The molecule has 194 valence electrons. The van der Waals surface area contributed by atoms with E-state index in [-0.39, 0.29) is 11.9 Å². The Balaban J connectivity index is 4.89. The van der Waals surface area contributed by atoms with Crippen molar-refractivity contribution in [2.24, 2.45) is 0 Å². The van der Waals surface area contributed by atoms with Gasteiger partial charge < -0.3 is 9.47 Å². The topological polar surface area (TPSA) is 52.6 Å². The molecule has 0 N–H and O–H groups in total. The van der Waals surface area contributed by atoms with E-state index in [1.807, 2.05) is 6.92 Å². The number of rotatable bonds is 23. The van der Waals surface area contributed by atoms with Gasteiger partial charge in [0.1, 0.15) is 0 Å². The summed E-state index contributed by atoms with van der Waals surface area (Å²) in [4.78, 5) is 25.8. The summed E-state index contributed by atoms with van der Waals surface area (Å²) in [5.74, 6) is -0.618. The second kappa shape index (κ2) is 23.8. The highest BCUT2D eigenvalue weighted by Crippen LogP contribution is 2.22. The lowest BCUT2D eigenvalue weighted by Gasteiger charge is -2.15. The number of carbonyl (C=O) groups excluding carboxylic acids is 2. The van der Waals surface area contributed by atoms with Crippen LogP contribution in [-0.2, 0) is 19.1 Å². The van der Waals surface area contributed by atoms with Crippen LogP contribution < -0.4 is 0 Å². The predicted molar refractivity (Wildman–Crippen MR) is 139 cm³/mol.